The van der Waals surface area contributed by atoms with Crippen LogP contribution in [-0.2, 0) is 4.74 Å². The second kappa shape index (κ2) is 6.42. The Morgan fingerprint density at radius 3 is 2.78 bits per heavy atom. The van der Waals surface area contributed by atoms with E-state index in [1.807, 2.05) is 0 Å². The van der Waals surface area contributed by atoms with Crippen LogP contribution in [0.1, 0.15) is 10.4 Å². The van der Waals surface area contributed by atoms with Crippen LogP contribution in [0.2, 0.25) is 5.02 Å². The molecule has 18 heavy (non-hydrogen) atoms. The normalized spacial score (nSPS) is 9.67. The molecule has 96 valence electrons. The number of benzene rings is 1. The molecule has 0 aliphatic rings. The van der Waals surface area contributed by atoms with Crippen molar-refractivity contribution >= 4 is 45.3 Å². The average molecular weight is 335 g/mol. The Balaban J connectivity index is 3.07. The van der Waals surface area contributed by atoms with Crippen LogP contribution in [0.25, 0.3) is 0 Å². The third-order valence-corrected chi connectivity index (χ3v) is 2.85. The first-order chi connectivity index (χ1) is 8.47. The fraction of sp³-hybridized carbons (Fsp3) is 0.0909. The van der Waals surface area contributed by atoms with Crippen LogP contribution < -0.4 is 5.32 Å². The predicted molar refractivity (Wildman–Crippen MR) is 71.3 cm³/mol. The van der Waals surface area contributed by atoms with Gasteiger partial charge in [-0.1, -0.05) is 24.3 Å². The summed E-state index contributed by atoms with van der Waals surface area (Å²) in [5.74, 6) is -1.25. The van der Waals surface area contributed by atoms with Crippen molar-refractivity contribution in [2.75, 3.05) is 11.9 Å². The van der Waals surface area contributed by atoms with E-state index in [4.69, 9.17) is 21.4 Å². The minimum Gasteiger partial charge on any atom is -0.478 e. The number of hydrogen-bond donors (Lipinski definition) is 2. The SMILES string of the molecule is C=CCOC(=O)Nc1c(Br)ccc(Cl)c1C(=O)O. The highest BCUT2D eigenvalue weighted by molar-refractivity contribution is 9.10. The topological polar surface area (TPSA) is 75.6 Å². The van der Waals surface area contributed by atoms with Crippen LogP contribution >= 0.6 is 27.5 Å². The number of aromatic carboxylic acids is 1. The Morgan fingerprint density at radius 2 is 2.22 bits per heavy atom. The molecule has 0 aliphatic heterocycles. The van der Waals surface area contributed by atoms with E-state index in [1.54, 1.807) is 0 Å². The zero-order chi connectivity index (χ0) is 13.7. The van der Waals surface area contributed by atoms with Gasteiger partial charge >= 0.3 is 12.1 Å². The number of carboxylic acid groups (broad SMARTS) is 1. The highest BCUT2D eigenvalue weighted by atomic mass is 79.9. The van der Waals surface area contributed by atoms with E-state index in [0.717, 1.165) is 0 Å². The fourth-order valence-corrected chi connectivity index (χ4v) is 1.82. The molecular weight excluding hydrogens is 325 g/mol. The summed E-state index contributed by atoms with van der Waals surface area (Å²) in [6.45, 7) is 3.41. The minimum absolute atomic E-state index is 0.0183. The van der Waals surface area contributed by atoms with Gasteiger partial charge in [0.2, 0.25) is 0 Å². The van der Waals surface area contributed by atoms with Crippen molar-refractivity contribution in [3.8, 4) is 0 Å². The zero-order valence-electron chi connectivity index (χ0n) is 9.07. The van der Waals surface area contributed by atoms with Crippen molar-refractivity contribution in [3.05, 3.63) is 39.8 Å². The van der Waals surface area contributed by atoms with E-state index < -0.39 is 12.1 Å². The summed E-state index contributed by atoms with van der Waals surface area (Å²) in [5, 5.41) is 11.4. The maximum absolute atomic E-state index is 11.4. The summed E-state index contributed by atoms with van der Waals surface area (Å²) in [4.78, 5) is 22.4. The van der Waals surface area contributed by atoms with E-state index in [9.17, 15) is 9.59 Å². The van der Waals surface area contributed by atoms with Gasteiger partial charge in [0.15, 0.2) is 0 Å². The van der Waals surface area contributed by atoms with Gasteiger partial charge in [-0.15, -0.1) is 0 Å². The Labute approximate surface area is 117 Å². The molecule has 5 nitrogen and oxygen atoms in total. The van der Waals surface area contributed by atoms with E-state index in [1.165, 1.54) is 18.2 Å². The zero-order valence-corrected chi connectivity index (χ0v) is 11.4. The number of ether oxygens (including phenoxy) is 1. The summed E-state index contributed by atoms with van der Waals surface area (Å²) in [6.07, 6.45) is 0.602. The number of rotatable bonds is 4. The molecule has 1 aromatic carbocycles. The lowest BCUT2D eigenvalue weighted by Crippen LogP contribution is -2.17. The van der Waals surface area contributed by atoms with Crippen LogP contribution in [0.5, 0.6) is 0 Å². The van der Waals surface area contributed by atoms with E-state index in [0.29, 0.717) is 4.47 Å². The number of halogens is 2. The van der Waals surface area contributed by atoms with Crippen LogP contribution in [0, 0.1) is 0 Å². The Bertz CT molecular complexity index is 504. The number of hydrogen-bond acceptors (Lipinski definition) is 3. The molecule has 0 saturated carbocycles. The standard InChI is InChI=1S/C11H9BrClNO4/c1-2-5-18-11(17)14-9-6(12)3-4-7(13)8(9)10(15)16/h2-4H,1,5H2,(H,14,17)(H,15,16). The number of anilines is 1. The highest BCUT2D eigenvalue weighted by Gasteiger charge is 2.19. The summed E-state index contributed by atoms with van der Waals surface area (Å²) < 4.78 is 5.09. The molecule has 1 rings (SSSR count). The molecule has 0 saturated heterocycles. The van der Waals surface area contributed by atoms with Crippen LogP contribution in [0.15, 0.2) is 29.3 Å². The first-order valence-corrected chi connectivity index (χ1v) is 5.90. The van der Waals surface area contributed by atoms with Gasteiger partial charge in [0.25, 0.3) is 0 Å². The summed E-state index contributed by atoms with van der Waals surface area (Å²) >= 11 is 8.91. The van der Waals surface area contributed by atoms with Crippen LogP contribution in [0.3, 0.4) is 0 Å². The summed E-state index contributed by atoms with van der Waals surface area (Å²) in [5.41, 5.74) is -0.161. The Morgan fingerprint density at radius 1 is 1.56 bits per heavy atom. The van der Waals surface area contributed by atoms with Gasteiger partial charge in [-0.25, -0.2) is 9.59 Å². The summed E-state index contributed by atoms with van der Waals surface area (Å²) in [7, 11) is 0. The smallest absolute Gasteiger partial charge is 0.411 e. The molecule has 0 aromatic heterocycles. The van der Waals surface area contributed by atoms with Crippen molar-refractivity contribution in [1.82, 2.24) is 0 Å². The van der Waals surface area contributed by atoms with Gasteiger partial charge < -0.3 is 9.84 Å². The van der Waals surface area contributed by atoms with Gasteiger partial charge in [-0.3, -0.25) is 5.32 Å². The molecule has 2 N–H and O–H groups in total. The van der Waals surface area contributed by atoms with Crippen LogP contribution in [-0.4, -0.2) is 23.8 Å². The lowest BCUT2D eigenvalue weighted by molar-refractivity contribution is 0.0698. The van der Waals surface area contributed by atoms with Crippen molar-refractivity contribution in [2.24, 2.45) is 0 Å². The second-order valence-electron chi connectivity index (χ2n) is 3.10. The van der Waals surface area contributed by atoms with Crippen LogP contribution in [0.4, 0.5) is 10.5 Å². The molecule has 1 aromatic rings. The van der Waals surface area contributed by atoms with Crippen molar-refractivity contribution < 1.29 is 19.4 Å². The van der Waals surface area contributed by atoms with Gasteiger partial charge in [-0.2, -0.15) is 0 Å². The summed E-state index contributed by atoms with van der Waals surface area (Å²) in [6, 6.07) is 2.94. The monoisotopic (exact) mass is 333 g/mol. The van der Waals surface area contributed by atoms with Crippen molar-refractivity contribution in [1.29, 1.82) is 0 Å². The molecule has 0 heterocycles. The van der Waals surface area contributed by atoms with Gasteiger partial charge in [0.1, 0.15) is 12.2 Å². The lowest BCUT2D eigenvalue weighted by atomic mass is 10.2. The minimum atomic E-state index is -1.25. The molecule has 0 radical (unpaired) electrons. The first-order valence-electron chi connectivity index (χ1n) is 4.73. The van der Waals surface area contributed by atoms with E-state index in [2.05, 4.69) is 27.8 Å². The third kappa shape index (κ3) is 3.48. The molecular formula is C11H9BrClNO4. The molecule has 0 bridgehead atoms. The number of carbonyl (C=O) groups excluding carboxylic acids is 1. The Kier molecular flexibility index (Phi) is 5.18. The number of amides is 1. The van der Waals surface area contributed by atoms with Gasteiger partial charge in [0.05, 0.1) is 10.7 Å². The molecule has 1 amide bonds. The number of carboxylic acids is 1. The quantitative estimate of drug-likeness (QED) is 0.826. The highest BCUT2D eigenvalue weighted by Crippen LogP contribution is 2.32. The number of carbonyl (C=O) groups is 2. The van der Waals surface area contributed by atoms with Gasteiger partial charge in [0, 0.05) is 4.47 Å². The largest absolute Gasteiger partial charge is 0.478 e. The molecule has 7 heteroatoms. The number of nitrogens with one attached hydrogen (secondary N) is 1. The van der Waals surface area contributed by atoms with Crippen molar-refractivity contribution in [3.63, 3.8) is 0 Å². The Hall–Kier alpha value is -1.53. The fourth-order valence-electron chi connectivity index (χ4n) is 1.16. The van der Waals surface area contributed by atoms with E-state index in [-0.39, 0.29) is 22.9 Å². The lowest BCUT2D eigenvalue weighted by Gasteiger charge is -2.11. The predicted octanol–water partition coefficient (Wildman–Crippen LogP) is 3.54. The molecule has 0 unspecified atom stereocenters. The molecule has 0 spiro atoms. The van der Waals surface area contributed by atoms with E-state index >= 15 is 0 Å². The maximum Gasteiger partial charge on any atom is 0.411 e. The second-order valence-corrected chi connectivity index (χ2v) is 4.36. The van der Waals surface area contributed by atoms with Gasteiger partial charge in [-0.05, 0) is 28.1 Å². The average Bonchev–Trinajstić information content (AvgIpc) is 2.30. The maximum atomic E-state index is 11.4. The van der Waals surface area contributed by atoms with Crippen molar-refractivity contribution in [2.45, 2.75) is 0 Å². The molecule has 0 fully saturated rings. The molecule has 0 aliphatic carbocycles. The first kappa shape index (κ1) is 14.5. The molecule has 0 atom stereocenters. The third-order valence-electron chi connectivity index (χ3n) is 1.88.